The van der Waals surface area contributed by atoms with E-state index in [0.717, 1.165) is 59.5 Å². The molecule has 0 atom stereocenters. The molecule has 0 fully saturated rings. The molecule has 0 N–H and O–H groups in total. The molecule has 3 heterocycles. The van der Waals surface area contributed by atoms with Gasteiger partial charge in [-0.15, -0.1) is 0 Å². The van der Waals surface area contributed by atoms with E-state index in [9.17, 15) is 9.59 Å². The van der Waals surface area contributed by atoms with Crippen LogP contribution in [0.25, 0.3) is 88.9 Å². The molecule has 0 saturated heterocycles. The van der Waals surface area contributed by atoms with Gasteiger partial charge in [-0.25, -0.2) is 18.7 Å². The first-order valence-electron chi connectivity index (χ1n) is 17.0. The summed E-state index contributed by atoms with van der Waals surface area (Å²) in [4.78, 5) is 33.4. The van der Waals surface area contributed by atoms with Crippen molar-refractivity contribution in [2.45, 2.75) is 0 Å². The summed E-state index contributed by atoms with van der Waals surface area (Å²) in [7, 11) is 0. The largest absolute Gasteiger partial charge is 0.456 e. The molecular formula is C45H27N3O4. The van der Waals surface area contributed by atoms with Crippen LogP contribution < -0.4 is 11.4 Å². The Kier molecular flexibility index (Phi) is 6.66. The van der Waals surface area contributed by atoms with Crippen LogP contribution in [0.2, 0.25) is 0 Å². The number of para-hydroxylation sites is 2. The maximum atomic E-state index is 14.8. The lowest BCUT2D eigenvalue weighted by molar-refractivity contribution is 0.668. The average molecular weight is 674 g/mol. The highest BCUT2D eigenvalue weighted by Gasteiger charge is 2.22. The molecule has 0 radical (unpaired) electrons. The van der Waals surface area contributed by atoms with Gasteiger partial charge >= 0.3 is 11.4 Å². The highest BCUT2D eigenvalue weighted by atomic mass is 16.3. The van der Waals surface area contributed by atoms with Crippen LogP contribution in [-0.4, -0.2) is 14.1 Å². The van der Waals surface area contributed by atoms with Gasteiger partial charge in [0, 0.05) is 27.1 Å². The average Bonchev–Trinajstić information content (AvgIpc) is 3.77. The fourth-order valence-electron chi connectivity index (χ4n) is 7.30. The highest BCUT2D eigenvalue weighted by molar-refractivity contribution is 6.13. The molecule has 246 valence electrons. The molecule has 0 aliphatic heterocycles. The van der Waals surface area contributed by atoms with Gasteiger partial charge in [-0.2, -0.15) is 4.98 Å². The van der Waals surface area contributed by atoms with Crippen molar-refractivity contribution < 1.29 is 8.83 Å². The minimum absolute atomic E-state index is 0.222. The third-order valence-corrected chi connectivity index (χ3v) is 9.70. The van der Waals surface area contributed by atoms with E-state index in [-0.39, 0.29) is 5.82 Å². The minimum atomic E-state index is -0.677. The molecule has 0 spiro atoms. The quantitative estimate of drug-likeness (QED) is 0.182. The summed E-state index contributed by atoms with van der Waals surface area (Å²) >= 11 is 0. The second-order valence-corrected chi connectivity index (χ2v) is 12.7. The minimum Gasteiger partial charge on any atom is -0.456 e. The fourth-order valence-corrected chi connectivity index (χ4v) is 7.30. The lowest BCUT2D eigenvalue weighted by Gasteiger charge is -2.16. The normalized spacial score (nSPS) is 11.6. The van der Waals surface area contributed by atoms with Gasteiger partial charge < -0.3 is 8.83 Å². The fraction of sp³-hybridized carbons (Fsp3) is 0. The topological polar surface area (TPSA) is 83.2 Å². The molecule has 7 nitrogen and oxygen atoms in total. The van der Waals surface area contributed by atoms with Crippen molar-refractivity contribution in [3.8, 4) is 45.0 Å². The summed E-state index contributed by atoms with van der Waals surface area (Å²) in [5.74, 6) is 0.222. The van der Waals surface area contributed by atoms with Crippen LogP contribution in [0.15, 0.2) is 182 Å². The van der Waals surface area contributed by atoms with Gasteiger partial charge in [0.2, 0.25) is 0 Å². The van der Waals surface area contributed by atoms with Crippen molar-refractivity contribution in [1.82, 2.24) is 14.1 Å². The zero-order valence-electron chi connectivity index (χ0n) is 27.6. The van der Waals surface area contributed by atoms with Crippen LogP contribution in [0.4, 0.5) is 0 Å². The van der Waals surface area contributed by atoms with E-state index < -0.39 is 11.4 Å². The van der Waals surface area contributed by atoms with Gasteiger partial charge in [-0.1, -0.05) is 115 Å². The first-order valence-corrected chi connectivity index (χ1v) is 17.0. The Morgan fingerprint density at radius 3 is 1.52 bits per heavy atom. The zero-order valence-corrected chi connectivity index (χ0v) is 27.6. The molecule has 10 aromatic rings. The molecule has 10 rings (SSSR count). The maximum absolute atomic E-state index is 14.8. The Morgan fingerprint density at radius 1 is 0.404 bits per heavy atom. The molecule has 7 aromatic carbocycles. The van der Waals surface area contributed by atoms with Gasteiger partial charge in [0.05, 0.1) is 11.4 Å². The Hall–Kier alpha value is -7.25. The number of fused-ring (bicyclic) bond motifs is 6. The van der Waals surface area contributed by atoms with E-state index in [1.54, 1.807) is 12.1 Å². The number of hydrogen-bond acceptors (Lipinski definition) is 5. The first kappa shape index (κ1) is 29.6. The van der Waals surface area contributed by atoms with Crippen molar-refractivity contribution in [3.05, 3.63) is 185 Å². The number of benzene rings is 7. The SMILES string of the molecule is O=c1nc(-c2cccc3oc4ccccc4c23)n(-c2ccc(-c3cccc4oc5ccccc5c34)cc2)c(=O)n1-c1ccc(-c2ccccc2)cc1. The van der Waals surface area contributed by atoms with E-state index in [1.807, 2.05) is 140 Å². The van der Waals surface area contributed by atoms with Gasteiger partial charge in [0.25, 0.3) is 0 Å². The predicted molar refractivity (Wildman–Crippen MR) is 206 cm³/mol. The molecule has 52 heavy (non-hydrogen) atoms. The Morgan fingerprint density at radius 2 is 0.885 bits per heavy atom. The Bertz CT molecular complexity index is 3100. The molecule has 3 aromatic heterocycles. The second-order valence-electron chi connectivity index (χ2n) is 12.7. The number of furan rings is 2. The van der Waals surface area contributed by atoms with Crippen LogP contribution in [-0.2, 0) is 0 Å². The number of nitrogens with zero attached hydrogens (tertiary/aromatic N) is 3. The third kappa shape index (κ3) is 4.64. The van der Waals surface area contributed by atoms with Crippen molar-refractivity contribution in [3.63, 3.8) is 0 Å². The maximum Gasteiger partial charge on any atom is 0.358 e. The molecule has 0 amide bonds. The van der Waals surface area contributed by atoms with Crippen molar-refractivity contribution in [2.75, 3.05) is 0 Å². The monoisotopic (exact) mass is 673 g/mol. The van der Waals surface area contributed by atoms with Gasteiger partial charge in [-0.05, 0) is 70.8 Å². The number of hydrogen-bond donors (Lipinski definition) is 0. The standard InChI is InChI=1S/C45H27N3O4/c49-44-46-43(36-15-9-19-40-42(36)35-13-5-7-17-38(35)52-40)47(45(50)48(44)32-24-20-29(21-25-32)28-10-2-1-3-11-28)31-26-22-30(23-27-31)33-14-8-18-39-41(33)34-12-4-6-16-37(34)51-39/h1-27H. The van der Waals surface area contributed by atoms with E-state index in [0.29, 0.717) is 28.1 Å². The summed E-state index contributed by atoms with van der Waals surface area (Å²) in [5.41, 5.74) is 7.31. The van der Waals surface area contributed by atoms with Crippen LogP contribution in [0.3, 0.4) is 0 Å². The van der Waals surface area contributed by atoms with Crippen molar-refractivity contribution in [1.29, 1.82) is 0 Å². The Balaban J connectivity index is 1.19. The van der Waals surface area contributed by atoms with Gasteiger partial charge in [0.15, 0.2) is 5.82 Å². The molecule has 0 aliphatic carbocycles. The number of rotatable bonds is 5. The van der Waals surface area contributed by atoms with Crippen molar-refractivity contribution >= 4 is 43.9 Å². The molecule has 0 unspecified atom stereocenters. The van der Waals surface area contributed by atoms with Gasteiger partial charge in [-0.3, -0.25) is 0 Å². The second kappa shape index (κ2) is 11.7. The predicted octanol–water partition coefficient (Wildman–Crippen LogP) is 10.2. The molecule has 7 heteroatoms. The van der Waals surface area contributed by atoms with E-state index in [1.165, 1.54) is 4.57 Å². The Labute approximate surface area is 295 Å². The highest BCUT2D eigenvalue weighted by Crippen LogP contribution is 2.38. The first-order chi connectivity index (χ1) is 25.6. The number of aromatic nitrogens is 3. The summed E-state index contributed by atoms with van der Waals surface area (Å²) < 4.78 is 15.0. The van der Waals surface area contributed by atoms with Gasteiger partial charge in [0.1, 0.15) is 22.3 Å². The van der Waals surface area contributed by atoms with E-state index >= 15 is 0 Å². The van der Waals surface area contributed by atoms with Crippen LogP contribution in [0, 0.1) is 0 Å². The molecule has 0 saturated carbocycles. The summed E-state index contributed by atoms with van der Waals surface area (Å²) in [6, 6.07) is 52.4. The summed E-state index contributed by atoms with van der Waals surface area (Å²) in [6.07, 6.45) is 0. The molecule has 0 bridgehead atoms. The molecule has 0 aliphatic rings. The third-order valence-electron chi connectivity index (χ3n) is 9.70. The summed E-state index contributed by atoms with van der Waals surface area (Å²) in [5, 5.41) is 3.70. The van der Waals surface area contributed by atoms with Crippen LogP contribution >= 0.6 is 0 Å². The van der Waals surface area contributed by atoms with Crippen molar-refractivity contribution in [2.24, 2.45) is 0 Å². The van der Waals surface area contributed by atoms with Crippen LogP contribution in [0.5, 0.6) is 0 Å². The van der Waals surface area contributed by atoms with Crippen LogP contribution in [0.1, 0.15) is 0 Å². The van der Waals surface area contributed by atoms with E-state index in [2.05, 4.69) is 17.1 Å². The smallest absolute Gasteiger partial charge is 0.358 e. The lowest BCUT2D eigenvalue weighted by Crippen LogP contribution is -2.40. The lowest BCUT2D eigenvalue weighted by atomic mass is 9.99. The summed E-state index contributed by atoms with van der Waals surface area (Å²) in [6.45, 7) is 0. The zero-order chi connectivity index (χ0) is 34.8. The molecular weight excluding hydrogens is 647 g/mol. The van der Waals surface area contributed by atoms with E-state index in [4.69, 9.17) is 8.83 Å².